The van der Waals surface area contributed by atoms with Gasteiger partial charge in [0.15, 0.2) is 6.10 Å². The minimum atomic E-state index is -0.616. The van der Waals surface area contributed by atoms with E-state index in [0.29, 0.717) is 24.5 Å². The van der Waals surface area contributed by atoms with Crippen LogP contribution in [0.3, 0.4) is 0 Å². The lowest BCUT2D eigenvalue weighted by Crippen LogP contribution is -2.51. The van der Waals surface area contributed by atoms with Crippen molar-refractivity contribution in [3.8, 4) is 11.5 Å². The summed E-state index contributed by atoms with van der Waals surface area (Å²) in [7, 11) is 1.75. The van der Waals surface area contributed by atoms with Gasteiger partial charge in [0, 0.05) is 13.6 Å². The van der Waals surface area contributed by atoms with E-state index in [1.165, 1.54) is 4.90 Å². The van der Waals surface area contributed by atoms with Gasteiger partial charge in [0.2, 0.25) is 5.91 Å². The maximum atomic E-state index is 13.0. The van der Waals surface area contributed by atoms with Crippen LogP contribution in [0.2, 0.25) is 0 Å². The molecule has 0 radical (unpaired) electrons. The zero-order valence-electron chi connectivity index (χ0n) is 17.6. The van der Waals surface area contributed by atoms with Crippen molar-refractivity contribution in [3.63, 3.8) is 0 Å². The Morgan fingerprint density at radius 2 is 1.70 bits per heavy atom. The number of nitrogens with zero attached hydrogens (tertiary/aromatic N) is 3. The minimum absolute atomic E-state index is 0.0269. The van der Waals surface area contributed by atoms with Crippen molar-refractivity contribution in [3.05, 3.63) is 48.5 Å². The molecule has 30 heavy (non-hydrogen) atoms. The van der Waals surface area contributed by atoms with E-state index in [0.717, 1.165) is 18.0 Å². The lowest BCUT2D eigenvalue weighted by atomic mass is 10.1. The van der Waals surface area contributed by atoms with Gasteiger partial charge >= 0.3 is 0 Å². The van der Waals surface area contributed by atoms with Crippen molar-refractivity contribution in [2.24, 2.45) is 0 Å². The number of anilines is 2. The molecule has 0 aliphatic carbocycles. The normalized spacial score (nSPS) is 20.0. The Bertz CT molecular complexity index is 948. The van der Waals surface area contributed by atoms with Crippen molar-refractivity contribution in [1.82, 2.24) is 4.90 Å². The fourth-order valence-electron chi connectivity index (χ4n) is 3.96. The smallest absolute Gasteiger partial charge is 0.268 e. The summed E-state index contributed by atoms with van der Waals surface area (Å²) in [4.78, 5) is 31.0. The van der Waals surface area contributed by atoms with Gasteiger partial charge in [-0.3, -0.25) is 14.5 Å². The van der Waals surface area contributed by atoms with Crippen LogP contribution in [0.1, 0.15) is 13.8 Å². The third kappa shape index (κ3) is 3.79. The van der Waals surface area contributed by atoms with E-state index in [9.17, 15) is 9.59 Å². The molecule has 0 saturated heterocycles. The number of amides is 2. The number of benzene rings is 2. The second kappa shape index (κ2) is 8.26. The molecule has 7 heteroatoms. The van der Waals surface area contributed by atoms with Gasteiger partial charge in [-0.1, -0.05) is 24.3 Å². The number of rotatable bonds is 5. The van der Waals surface area contributed by atoms with Crippen LogP contribution in [-0.2, 0) is 9.59 Å². The number of hydrogen-bond donors (Lipinski definition) is 0. The largest absolute Gasteiger partial charge is 0.485 e. The van der Waals surface area contributed by atoms with Gasteiger partial charge in [0.1, 0.15) is 24.1 Å². The summed E-state index contributed by atoms with van der Waals surface area (Å²) in [5, 5.41) is 0. The zero-order chi connectivity index (χ0) is 21.3. The summed E-state index contributed by atoms with van der Waals surface area (Å²) in [5.74, 6) is 1.10. The maximum absolute atomic E-state index is 13.0. The minimum Gasteiger partial charge on any atom is -0.485 e. The Hall–Kier alpha value is -3.22. The quantitative estimate of drug-likeness (QED) is 0.760. The monoisotopic (exact) mass is 409 g/mol. The maximum Gasteiger partial charge on any atom is 0.268 e. The third-order valence-corrected chi connectivity index (χ3v) is 5.58. The molecule has 2 atom stereocenters. The molecule has 0 spiro atoms. The summed E-state index contributed by atoms with van der Waals surface area (Å²) in [6.45, 7) is 5.80. The molecule has 4 rings (SSSR count). The first kappa shape index (κ1) is 20.1. The molecule has 158 valence electrons. The fourth-order valence-corrected chi connectivity index (χ4v) is 3.96. The van der Waals surface area contributed by atoms with Crippen LogP contribution >= 0.6 is 0 Å². The molecular weight excluding hydrogens is 382 g/mol. The predicted molar refractivity (Wildman–Crippen MR) is 115 cm³/mol. The van der Waals surface area contributed by atoms with E-state index in [1.807, 2.05) is 42.5 Å². The van der Waals surface area contributed by atoms with Crippen LogP contribution < -0.4 is 19.3 Å². The molecule has 2 unspecified atom stereocenters. The SMILES string of the molecule is CCN1CC(CN(C)C(=O)CN2C(=O)C(C)Oc3ccccc32)Oc2ccccc21. The summed E-state index contributed by atoms with van der Waals surface area (Å²) >= 11 is 0. The van der Waals surface area contributed by atoms with Crippen LogP contribution in [0, 0.1) is 0 Å². The van der Waals surface area contributed by atoms with Crippen molar-refractivity contribution in [2.45, 2.75) is 26.1 Å². The number of ether oxygens (including phenoxy) is 2. The average molecular weight is 409 g/mol. The molecule has 0 N–H and O–H groups in total. The molecule has 2 aromatic rings. The standard InChI is InChI=1S/C23H27N3O4/c1-4-25-14-17(30-20-11-7-5-9-18(20)25)13-24(3)22(27)15-26-19-10-6-8-12-21(19)29-16(2)23(26)28/h5-12,16-17H,4,13-15H2,1-3H3. The first-order chi connectivity index (χ1) is 14.5. The molecule has 7 nitrogen and oxygen atoms in total. The lowest BCUT2D eigenvalue weighted by molar-refractivity contribution is -0.132. The molecule has 0 bridgehead atoms. The lowest BCUT2D eigenvalue weighted by Gasteiger charge is -2.37. The first-order valence-electron chi connectivity index (χ1n) is 10.3. The van der Waals surface area contributed by atoms with Gasteiger partial charge in [0.05, 0.1) is 24.5 Å². The van der Waals surface area contributed by atoms with Crippen LogP contribution in [-0.4, -0.2) is 62.1 Å². The highest BCUT2D eigenvalue weighted by Crippen LogP contribution is 2.34. The molecule has 2 amide bonds. The highest BCUT2D eigenvalue weighted by molar-refractivity contribution is 6.03. The topological polar surface area (TPSA) is 62.3 Å². The zero-order valence-corrected chi connectivity index (χ0v) is 17.6. The highest BCUT2D eigenvalue weighted by atomic mass is 16.5. The molecule has 0 saturated carbocycles. The molecule has 2 aliphatic rings. The molecule has 0 fully saturated rings. The highest BCUT2D eigenvalue weighted by Gasteiger charge is 2.34. The van der Waals surface area contributed by atoms with Gasteiger partial charge in [-0.05, 0) is 38.1 Å². The first-order valence-corrected chi connectivity index (χ1v) is 10.3. The van der Waals surface area contributed by atoms with Crippen molar-refractivity contribution < 1.29 is 19.1 Å². The van der Waals surface area contributed by atoms with E-state index >= 15 is 0 Å². The third-order valence-electron chi connectivity index (χ3n) is 5.58. The number of carbonyl (C=O) groups excluding carboxylic acids is 2. The van der Waals surface area contributed by atoms with Gasteiger partial charge in [-0.25, -0.2) is 0 Å². The number of fused-ring (bicyclic) bond motifs is 2. The van der Waals surface area contributed by atoms with E-state index < -0.39 is 6.10 Å². The molecule has 2 aliphatic heterocycles. The molecule has 2 heterocycles. The van der Waals surface area contributed by atoms with Crippen LogP contribution in [0.25, 0.3) is 0 Å². The number of para-hydroxylation sites is 4. The second-order valence-electron chi connectivity index (χ2n) is 7.67. The van der Waals surface area contributed by atoms with Crippen molar-refractivity contribution in [2.75, 3.05) is 43.0 Å². The second-order valence-corrected chi connectivity index (χ2v) is 7.67. The number of likely N-dealkylation sites (N-methyl/N-ethyl adjacent to an activating group) is 2. The van der Waals surface area contributed by atoms with Crippen molar-refractivity contribution >= 4 is 23.2 Å². The summed E-state index contributed by atoms with van der Waals surface area (Å²) in [5.41, 5.74) is 1.71. The summed E-state index contributed by atoms with van der Waals surface area (Å²) in [6.07, 6.45) is -0.755. The molecular formula is C23H27N3O4. The van der Waals surface area contributed by atoms with E-state index in [2.05, 4.69) is 11.8 Å². The number of carbonyl (C=O) groups is 2. The predicted octanol–water partition coefficient (Wildman–Crippen LogP) is 2.55. The Labute approximate surface area is 176 Å². The Morgan fingerprint density at radius 1 is 1.07 bits per heavy atom. The van der Waals surface area contributed by atoms with Crippen LogP contribution in [0.5, 0.6) is 11.5 Å². The molecule has 2 aromatic carbocycles. The van der Waals surface area contributed by atoms with Gasteiger partial charge in [-0.2, -0.15) is 0 Å². The van der Waals surface area contributed by atoms with Crippen LogP contribution in [0.4, 0.5) is 11.4 Å². The summed E-state index contributed by atoms with van der Waals surface area (Å²) < 4.78 is 11.8. The van der Waals surface area contributed by atoms with Gasteiger partial charge in [0.25, 0.3) is 5.91 Å². The Kier molecular flexibility index (Phi) is 5.53. The Morgan fingerprint density at radius 3 is 2.40 bits per heavy atom. The fraction of sp³-hybridized carbons (Fsp3) is 0.391. The van der Waals surface area contributed by atoms with Crippen molar-refractivity contribution in [1.29, 1.82) is 0 Å². The number of hydrogen-bond acceptors (Lipinski definition) is 5. The molecule has 0 aromatic heterocycles. The van der Waals surface area contributed by atoms with Gasteiger partial charge < -0.3 is 19.3 Å². The summed E-state index contributed by atoms with van der Waals surface area (Å²) in [6, 6.07) is 15.2. The van der Waals surface area contributed by atoms with E-state index in [1.54, 1.807) is 24.9 Å². The van der Waals surface area contributed by atoms with E-state index in [4.69, 9.17) is 9.47 Å². The van der Waals surface area contributed by atoms with Gasteiger partial charge in [-0.15, -0.1) is 0 Å². The average Bonchev–Trinajstić information content (AvgIpc) is 2.76. The van der Waals surface area contributed by atoms with E-state index in [-0.39, 0.29) is 24.5 Å². The Balaban J connectivity index is 1.44. The van der Waals surface area contributed by atoms with Crippen LogP contribution in [0.15, 0.2) is 48.5 Å².